The molecule has 0 radical (unpaired) electrons. The minimum atomic E-state index is 0.245. The van der Waals surface area contributed by atoms with Crippen molar-refractivity contribution in [2.45, 2.75) is 13.1 Å². The summed E-state index contributed by atoms with van der Waals surface area (Å²) in [6.45, 7) is 1.17. The summed E-state index contributed by atoms with van der Waals surface area (Å²) in [5.74, 6) is 1.99. The van der Waals surface area contributed by atoms with Gasteiger partial charge in [-0.2, -0.15) is 0 Å². The number of anilines is 1. The van der Waals surface area contributed by atoms with Gasteiger partial charge in [0.2, 0.25) is 12.7 Å². The molecule has 0 unspecified atom stereocenters. The van der Waals surface area contributed by atoms with E-state index in [-0.39, 0.29) is 6.79 Å². The molecule has 1 aliphatic heterocycles. The Morgan fingerprint density at radius 1 is 1.08 bits per heavy atom. The number of pyridine rings is 1. The van der Waals surface area contributed by atoms with Gasteiger partial charge in [-0.25, -0.2) is 9.97 Å². The highest BCUT2D eigenvalue weighted by atomic mass is 16.7. The van der Waals surface area contributed by atoms with E-state index in [1.165, 1.54) is 0 Å². The molecule has 3 aromatic rings. The monoisotopic (exact) mass is 335 g/mol. The van der Waals surface area contributed by atoms with Gasteiger partial charge >= 0.3 is 0 Å². The highest BCUT2D eigenvalue weighted by Crippen LogP contribution is 2.35. The standard InChI is InChI=1S/C18H17N5O2/c19-8-14-7-15(13-3-4-16-17(6-13)25-11-24-16)23-18(22-14)21-10-12-2-1-5-20-9-12/h1-7,9H,8,10-11,19H2,(H,21,22,23). The van der Waals surface area contributed by atoms with Gasteiger partial charge in [0.1, 0.15) is 0 Å². The number of nitrogens with zero attached hydrogens (tertiary/aromatic N) is 3. The van der Waals surface area contributed by atoms with Crippen molar-refractivity contribution in [3.8, 4) is 22.8 Å². The second-order valence-electron chi connectivity index (χ2n) is 5.56. The molecular formula is C18H17N5O2. The molecule has 1 aromatic carbocycles. The predicted molar refractivity (Wildman–Crippen MR) is 93.0 cm³/mol. The molecular weight excluding hydrogens is 318 g/mol. The third-order valence-corrected chi connectivity index (χ3v) is 3.83. The van der Waals surface area contributed by atoms with Crippen molar-refractivity contribution in [2.24, 2.45) is 5.73 Å². The van der Waals surface area contributed by atoms with Gasteiger partial charge in [0, 0.05) is 31.0 Å². The first-order chi connectivity index (χ1) is 12.3. The fraction of sp³-hybridized carbons (Fsp3) is 0.167. The largest absolute Gasteiger partial charge is 0.454 e. The van der Waals surface area contributed by atoms with Gasteiger partial charge in [-0.3, -0.25) is 4.98 Å². The highest BCUT2D eigenvalue weighted by molar-refractivity contribution is 5.65. The van der Waals surface area contributed by atoms with E-state index in [1.807, 2.05) is 36.4 Å². The van der Waals surface area contributed by atoms with E-state index in [2.05, 4.69) is 20.3 Å². The Hall–Kier alpha value is -3.19. The first kappa shape index (κ1) is 15.3. The number of hydrogen-bond donors (Lipinski definition) is 2. The molecule has 126 valence electrons. The highest BCUT2D eigenvalue weighted by Gasteiger charge is 2.15. The van der Waals surface area contributed by atoms with E-state index < -0.39 is 0 Å². The van der Waals surface area contributed by atoms with Crippen LogP contribution >= 0.6 is 0 Å². The summed E-state index contributed by atoms with van der Waals surface area (Å²) in [7, 11) is 0. The van der Waals surface area contributed by atoms with Crippen molar-refractivity contribution in [1.82, 2.24) is 15.0 Å². The van der Waals surface area contributed by atoms with Gasteiger partial charge in [-0.15, -0.1) is 0 Å². The lowest BCUT2D eigenvalue weighted by molar-refractivity contribution is 0.174. The topological polar surface area (TPSA) is 95.2 Å². The van der Waals surface area contributed by atoms with Crippen molar-refractivity contribution in [3.63, 3.8) is 0 Å². The van der Waals surface area contributed by atoms with Crippen LogP contribution in [0.1, 0.15) is 11.3 Å². The van der Waals surface area contributed by atoms with Crippen LogP contribution < -0.4 is 20.5 Å². The van der Waals surface area contributed by atoms with Crippen molar-refractivity contribution in [2.75, 3.05) is 12.1 Å². The first-order valence-electron chi connectivity index (χ1n) is 7.92. The Bertz CT molecular complexity index is 886. The minimum absolute atomic E-state index is 0.245. The van der Waals surface area contributed by atoms with Crippen LogP contribution in [-0.4, -0.2) is 21.7 Å². The average Bonchev–Trinajstić information content (AvgIpc) is 3.14. The van der Waals surface area contributed by atoms with Crippen LogP contribution in [0.5, 0.6) is 11.5 Å². The summed E-state index contributed by atoms with van der Waals surface area (Å²) in [5, 5.41) is 3.22. The lowest BCUT2D eigenvalue weighted by Crippen LogP contribution is -2.08. The Balaban J connectivity index is 1.62. The summed E-state index contributed by atoms with van der Waals surface area (Å²) >= 11 is 0. The zero-order chi connectivity index (χ0) is 17.1. The maximum absolute atomic E-state index is 5.79. The molecule has 0 atom stereocenters. The minimum Gasteiger partial charge on any atom is -0.454 e. The van der Waals surface area contributed by atoms with Gasteiger partial charge in [-0.1, -0.05) is 6.07 Å². The van der Waals surface area contributed by atoms with Crippen LogP contribution in [0.3, 0.4) is 0 Å². The molecule has 0 amide bonds. The molecule has 7 heteroatoms. The molecule has 0 saturated heterocycles. The van der Waals surface area contributed by atoms with Crippen LogP contribution in [0.15, 0.2) is 48.8 Å². The summed E-state index contributed by atoms with van der Waals surface area (Å²) in [6.07, 6.45) is 3.55. The van der Waals surface area contributed by atoms with Crippen molar-refractivity contribution >= 4 is 5.95 Å². The van der Waals surface area contributed by atoms with Crippen LogP contribution in [0.4, 0.5) is 5.95 Å². The molecule has 0 saturated carbocycles. The lowest BCUT2D eigenvalue weighted by Gasteiger charge is -2.10. The second kappa shape index (κ2) is 6.74. The molecule has 1 aliphatic rings. The summed E-state index contributed by atoms with van der Waals surface area (Å²) < 4.78 is 10.8. The second-order valence-corrected chi connectivity index (χ2v) is 5.56. The average molecular weight is 335 g/mol. The molecule has 7 nitrogen and oxygen atoms in total. The number of aromatic nitrogens is 3. The van der Waals surface area contributed by atoms with E-state index in [4.69, 9.17) is 15.2 Å². The van der Waals surface area contributed by atoms with Crippen LogP contribution in [0, 0.1) is 0 Å². The molecule has 3 heterocycles. The number of nitrogens with two attached hydrogens (primary N) is 1. The van der Waals surface area contributed by atoms with Crippen molar-refractivity contribution in [3.05, 3.63) is 60.0 Å². The number of rotatable bonds is 5. The van der Waals surface area contributed by atoms with Gasteiger partial charge in [0.25, 0.3) is 0 Å². The third kappa shape index (κ3) is 3.36. The summed E-state index contributed by atoms with van der Waals surface area (Å²) in [6, 6.07) is 11.5. The number of ether oxygens (including phenoxy) is 2. The maximum atomic E-state index is 5.79. The molecule has 0 aliphatic carbocycles. The van der Waals surface area contributed by atoms with E-state index >= 15 is 0 Å². The van der Waals surface area contributed by atoms with Crippen molar-refractivity contribution < 1.29 is 9.47 Å². The fourth-order valence-electron chi connectivity index (χ4n) is 2.57. The Morgan fingerprint density at radius 3 is 2.84 bits per heavy atom. The Kier molecular flexibility index (Phi) is 4.14. The van der Waals surface area contributed by atoms with Gasteiger partial charge in [0.15, 0.2) is 11.5 Å². The fourth-order valence-corrected chi connectivity index (χ4v) is 2.57. The predicted octanol–water partition coefficient (Wildman–Crippen LogP) is 2.34. The summed E-state index contributed by atoms with van der Waals surface area (Å²) in [4.78, 5) is 13.1. The number of hydrogen-bond acceptors (Lipinski definition) is 7. The Labute approximate surface area is 144 Å². The summed E-state index contributed by atoms with van der Waals surface area (Å²) in [5.41, 5.74) is 9.30. The third-order valence-electron chi connectivity index (χ3n) is 3.83. The van der Waals surface area contributed by atoms with E-state index in [9.17, 15) is 0 Å². The lowest BCUT2D eigenvalue weighted by atomic mass is 10.1. The van der Waals surface area contributed by atoms with Gasteiger partial charge in [-0.05, 0) is 35.9 Å². The van der Waals surface area contributed by atoms with Gasteiger partial charge in [0.05, 0.1) is 11.4 Å². The number of nitrogens with one attached hydrogen (secondary N) is 1. The van der Waals surface area contributed by atoms with Crippen LogP contribution in [-0.2, 0) is 13.1 Å². The zero-order valence-electron chi connectivity index (χ0n) is 13.5. The molecule has 4 rings (SSSR count). The SMILES string of the molecule is NCc1cc(-c2ccc3c(c2)OCO3)nc(NCc2cccnc2)n1. The van der Waals surface area contributed by atoms with Crippen LogP contribution in [0.2, 0.25) is 0 Å². The zero-order valence-corrected chi connectivity index (χ0v) is 13.5. The molecule has 0 fully saturated rings. The quantitative estimate of drug-likeness (QED) is 0.739. The molecule has 25 heavy (non-hydrogen) atoms. The van der Waals surface area contributed by atoms with E-state index in [0.717, 1.165) is 34.0 Å². The molecule has 2 aromatic heterocycles. The van der Waals surface area contributed by atoms with Crippen molar-refractivity contribution in [1.29, 1.82) is 0 Å². The van der Waals surface area contributed by atoms with Crippen LogP contribution in [0.25, 0.3) is 11.3 Å². The number of fused-ring (bicyclic) bond motifs is 1. The molecule has 0 bridgehead atoms. The number of benzene rings is 1. The van der Waals surface area contributed by atoms with E-state index in [1.54, 1.807) is 12.4 Å². The van der Waals surface area contributed by atoms with E-state index in [0.29, 0.717) is 19.0 Å². The first-order valence-corrected chi connectivity index (χ1v) is 7.92. The Morgan fingerprint density at radius 2 is 2.00 bits per heavy atom. The molecule has 3 N–H and O–H groups in total. The smallest absolute Gasteiger partial charge is 0.231 e. The van der Waals surface area contributed by atoms with Gasteiger partial charge < -0.3 is 20.5 Å². The maximum Gasteiger partial charge on any atom is 0.231 e. The molecule has 0 spiro atoms. The normalized spacial score (nSPS) is 12.2.